The molecular formula is C11H9FN2. The Hall–Kier alpha value is -1.90. The molecule has 0 aromatic heterocycles. The maximum absolute atomic E-state index is 4.28. The first-order chi connectivity index (χ1) is 6.45. The second-order valence-electron chi connectivity index (χ2n) is 3.08. The molecule has 1 aliphatic heterocycles. The van der Waals surface area contributed by atoms with Crippen LogP contribution in [0, 0.1) is 0 Å². The van der Waals surface area contributed by atoms with Gasteiger partial charge in [0, 0.05) is 11.1 Å². The Kier molecular flexibility index (Phi) is 1.93. The summed E-state index contributed by atoms with van der Waals surface area (Å²) in [5, 5.41) is 5.59. The van der Waals surface area contributed by atoms with E-state index in [1.165, 1.54) is 10.8 Å². The Morgan fingerprint density at radius 2 is 1.79 bits per heavy atom. The highest BCUT2D eigenvalue weighted by molar-refractivity contribution is 6.08. The molecule has 2 aromatic rings. The normalized spacial score (nSPS) is 12.0. The minimum Gasteiger partial charge on any atom is -0.346 e. The van der Waals surface area contributed by atoms with E-state index < -0.39 is 0 Å². The molecule has 0 unspecified atom stereocenters. The van der Waals surface area contributed by atoms with Crippen LogP contribution in [0.1, 0.15) is 0 Å². The molecule has 1 N–H and O–H groups in total. The van der Waals surface area contributed by atoms with Gasteiger partial charge < -0.3 is 5.32 Å². The SMILES string of the molecule is C1=Nc2cccc3cccc(c23)N1.F. The lowest BCUT2D eigenvalue weighted by Gasteiger charge is -2.12. The van der Waals surface area contributed by atoms with Crippen LogP contribution in [0.2, 0.25) is 0 Å². The van der Waals surface area contributed by atoms with E-state index >= 15 is 0 Å². The number of hydrogen-bond donors (Lipinski definition) is 1. The van der Waals surface area contributed by atoms with Gasteiger partial charge in [-0.1, -0.05) is 24.3 Å². The molecule has 1 aliphatic rings. The van der Waals surface area contributed by atoms with Crippen LogP contribution in [0.4, 0.5) is 16.1 Å². The van der Waals surface area contributed by atoms with Gasteiger partial charge in [0.05, 0.1) is 12.0 Å². The predicted octanol–water partition coefficient (Wildman–Crippen LogP) is 3.08. The minimum absolute atomic E-state index is 0. The summed E-state index contributed by atoms with van der Waals surface area (Å²) < 4.78 is 0. The number of aliphatic imine (C=N–C) groups is 1. The summed E-state index contributed by atoms with van der Waals surface area (Å²) in [7, 11) is 0. The maximum atomic E-state index is 4.28. The molecule has 0 amide bonds. The highest BCUT2D eigenvalue weighted by Crippen LogP contribution is 2.33. The number of hydrogen-bond acceptors (Lipinski definition) is 2. The fourth-order valence-electron chi connectivity index (χ4n) is 1.72. The summed E-state index contributed by atoms with van der Waals surface area (Å²) in [5.74, 6) is 0. The van der Waals surface area contributed by atoms with Gasteiger partial charge in [-0.15, -0.1) is 0 Å². The molecule has 0 spiro atoms. The molecule has 0 radical (unpaired) electrons. The Bertz CT molecular complexity index is 500. The third kappa shape index (κ3) is 1.06. The molecule has 2 nitrogen and oxygen atoms in total. The van der Waals surface area contributed by atoms with Gasteiger partial charge in [-0.2, -0.15) is 0 Å². The van der Waals surface area contributed by atoms with Crippen molar-refractivity contribution in [2.24, 2.45) is 4.99 Å². The topological polar surface area (TPSA) is 24.4 Å². The van der Waals surface area contributed by atoms with E-state index in [1.807, 2.05) is 18.2 Å². The van der Waals surface area contributed by atoms with Crippen LogP contribution < -0.4 is 5.32 Å². The summed E-state index contributed by atoms with van der Waals surface area (Å²) in [4.78, 5) is 4.28. The zero-order valence-electron chi connectivity index (χ0n) is 7.40. The van der Waals surface area contributed by atoms with Gasteiger partial charge in [-0.05, 0) is 17.5 Å². The summed E-state index contributed by atoms with van der Waals surface area (Å²) >= 11 is 0. The number of anilines is 1. The van der Waals surface area contributed by atoms with Crippen LogP contribution >= 0.6 is 0 Å². The predicted molar refractivity (Wildman–Crippen MR) is 58.2 cm³/mol. The van der Waals surface area contributed by atoms with Crippen molar-refractivity contribution < 1.29 is 4.70 Å². The lowest BCUT2D eigenvalue weighted by atomic mass is 10.1. The molecule has 0 saturated carbocycles. The zero-order chi connectivity index (χ0) is 8.67. The molecule has 70 valence electrons. The van der Waals surface area contributed by atoms with Gasteiger partial charge >= 0.3 is 0 Å². The molecule has 3 rings (SSSR count). The van der Waals surface area contributed by atoms with E-state index in [0.717, 1.165) is 11.4 Å². The average Bonchev–Trinajstić information content (AvgIpc) is 2.19. The Morgan fingerprint density at radius 3 is 2.64 bits per heavy atom. The molecule has 0 atom stereocenters. The summed E-state index contributed by atoms with van der Waals surface area (Å²) in [5.41, 5.74) is 2.19. The molecule has 0 bridgehead atoms. The molecule has 0 aliphatic carbocycles. The van der Waals surface area contributed by atoms with Crippen LogP contribution in [0.25, 0.3) is 10.8 Å². The molecule has 1 heterocycles. The van der Waals surface area contributed by atoms with Crippen molar-refractivity contribution in [3.63, 3.8) is 0 Å². The van der Waals surface area contributed by atoms with E-state index in [2.05, 4.69) is 28.5 Å². The molecule has 0 saturated heterocycles. The van der Waals surface area contributed by atoms with E-state index in [0.29, 0.717) is 0 Å². The highest BCUT2D eigenvalue weighted by atomic mass is 19.0. The number of rotatable bonds is 0. The lowest BCUT2D eigenvalue weighted by molar-refractivity contribution is 1.11. The summed E-state index contributed by atoms with van der Waals surface area (Å²) in [6.07, 6.45) is 1.73. The number of nitrogens with one attached hydrogen (secondary N) is 1. The molecule has 14 heavy (non-hydrogen) atoms. The molecule has 3 heteroatoms. The Labute approximate surface area is 80.6 Å². The van der Waals surface area contributed by atoms with Gasteiger partial charge in [0.25, 0.3) is 0 Å². The van der Waals surface area contributed by atoms with E-state index in [9.17, 15) is 0 Å². The second kappa shape index (κ2) is 3.10. The molecule has 0 fully saturated rings. The largest absolute Gasteiger partial charge is 0.346 e. The lowest BCUT2D eigenvalue weighted by Crippen LogP contribution is -1.99. The van der Waals surface area contributed by atoms with Crippen LogP contribution in [0.3, 0.4) is 0 Å². The number of benzene rings is 2. The smallest absolute Gasteiger partial charge is 0.0930 e. The van der Waals surface area contributed by atoms with Crippen LogP contribution in [-0.2, 0) is 0 Å². The van der Waals surface area contributed by atoms with Crippen molar-refractivity contribution in [2.75, 3.05) is 5.32 Å². The minimum atomic E-state index is 0. The monoisotopic (exact) mass is 188 g/mol. The third-order valence-corrected chi connectivity index (χ3v) is 2.31. The third-order valence-electron chi connectivity index (χ3n) is 2.31. The van der Waals surface area contributed by atoms with Gasteiger partial charge in [0.15, 0.2) is 0 Å². The summed E-state index contributed by atoms with van der Waals surface area (Å²) in [6, 6.07) is 12.4. The van der Waals surface area contributed by atoms with E-state index in [1.54, 1.807) is 6.34 Å². The van der Waals surface area contributed by atoms with Crippen molar-refractivity contribution >= 4 is 28.5 Å². The first kappa shape index (κ1) is 8.69. The van der Waals surface area contributed by atoms with Crippen LogP contribution in [0.15, 0.2) is 41.4 Å². The molecule has 2 aromatic carbocycles. The van der Waals surface area contributed by atoms with Gasteiger partial charge in [0.1, 0.15) is 0 Å². The second-order valence-corrected chi connectivity index (χ2v) is 3.08. The van der Waals surface area contributed by atoms with Gasteiger partial charge in [-0.25, -0.2) is 4.99 Å². The van der Waals surface area contributed by atoms with Crippen LogP contribution in [-0.4, -0.2) is 6.34 Å². The average molecular weight is 188 g/mol. The van der Waals surface area contributed by atoms with E-state index in [-0.39, 0.29) is 4.70 Å². The fourth-order valence-corrected chi connectivity index (χ4v) is 1.72. The fraction of sp³-hybridized carbons (Fsp3) is 0. The van der Waals surface area contributed by atoms with Crippen molar-refractivity contribution in [3.8, 4) is 0 Å². The summed E-state index contributed by atoms with van der Waals surface area (Å²) in [6.45, 7) is 0. The van der Waals surface area contributed by atoms with Crippen molar-refractivity contribution in [1.82, 2.24) is 0 Å². The first-order valence-corrected chi connectivity index (χ1v) is 4.26. The first-order valence-electron chi connectivity index (χ1n) is 4.26. The number of nitrogens with zero attached hydrogens (tertiary/aromatic N) is 1. The van der Waals surface area contributed by atoms with Crippen molar-refractivity contribution in [2.45, 2.75) is 0 Å². The standard InChI is InChI=1S/C11H8N2.FH/c1-3-8-4-2-6-10-11(8)9(5-1)12-7-13-10;/h1-7H,(H,12,13);1H. The Morgan fingerprint density at radius 1 is 1.00 bits per heavy atom. The van der Waals surface area contributed by atoms with Gasteiger partial charge in [-0.3, -0.25) is 4.70 Å². The maximum Gasteiger partial charge on any atom is 0.0930 e. The quantitative estimate of drug-likeness (QED) is 0.675. The Balaban J connectivity index is 0.000000750. The van der Waals surface area contributed by atoms with Crippen molar-refractivity contribution in [1.29, 1.82) is 0 Å². The molecular weight excluding hydrogens is 179 g/mol. The highest BCUT2D eigenvalue weighted by Gasteiger charge is 2.06. The van der Waals surface area contributed by atoms with Gasteiger partial charge in [0.2, 0.25) is 0 Å². The van der Waals surface area contributed by atoms with Crippen LogP contribution in [0.5, 0.6) is 0 Å². The zero-order valence-corrected chi connectivity index (χ0v) is 7.40. The van der Waals surface area contributed by atoms with E-state index in [4.69, 9.17) is 0 Å². The number of halogens is 1. The van der Waals surface area contributed by atoms with Crippen molar-refractivity contribution in [3.05, 3.63) is 36.4 Å².